The SMILES string of the molecule is COc1cccc(OC)c1C(=O)N1CC(N2CCc3sccc3C2)C1. The molecule has 3 heterocycles. The fraction of sp³-hybridized carbons (Fsp3) is 0.421. The van der Waals surface area contributed by atoms with Crippen molar-refractivity contribution in [2.45, 2.75) is 19.0 Å². The molecule has 1 fully saturated rings. The highest BCUT2D eigenvalue weighted by atomic mass is 32.1. The maximum atomic E-state index is 12.9. The minimum absolute atomic E-state index is 0.0150. The van der Waals surface area contributed by atoms with E-state index in [4.69, 9.17) is 9.47 Å². The van der Waals surface area contributed by atoms with Crippen molar-refractivity contribution in [1.29, 1.82) is 0 Å². The smallest absolute Gasteiger partial charge is 0.261 e. The number of hydrogen-bond donors (Lipinski definition) is 0. The van der Waals surface area contributed by atoms with E-state index in [0.29, 0.717) is 23.1 Å². The zero-order valence-electron chi connectivity index (χ0n) is 14.5. The third kappa shape index (κ3) is 2.89. The first-order chi connectivity index (χ1) is 12.2. The van der Waals surface area contributed by atoms with E-state index in [-0.39, 0.29) is 5.91 Å². The van der Waals surface area contributed by atoms with Gasteiger partial charge in [-0.05, 0) is 35.6 Å². The van der Waals surface area contributed by atoms with Crippen LogP contribution in [0, 0.1) is 0 Å². The zero-order valence-corrected chi connectivity index (χ0v) is 15.3. The summed E-state index contributed by atoms with van der Waals surface area (Å²) < 4.78 is 10.7. The Hall–Kier alpha value is -2.05. The Labute approximate surface area is 151 Å². The number of fused-ring (bicyclic) bond motifs is 1. The average molecular weight is 358 g/mol. The first kappa shape index (κ1) is 16.4. The van der Waals surface area contributed by atoms with Gasteiger partial charge in [-0.15, -0.1) is 11.3 Å². The maximum Gasteiger partial charge on any atom is 0.261 e. The number of nitrogens with zero attached hydrogens (tertiary/aromatic N) is 2. The molecule has 0 unspecified atom stereocenters. The van der Waals surface area contributed by atoms with Crippen LogP contribution in [0.25, 0.3) is 0 Å². The first-order valence-electron chi connectivity index (χ1n) is 8.51. The van der Waals surface area contributed by atoms with Gasteiger partial charge in [0.1, 0.15) is 17.1 Å². The van der Waals surface area contributed by atoms with Crippen molar-refractivity contribution in [2.75, 3.05) is 33.9 Å². The maximum absolute atomic E-state index is 12.9. The van der Waals surface area contributed by atoms with E-state index < -0.39 is 0 Å². The van der Waals surface area contributed by atoms with E-state index in [2.05, 4.69) is 16.3 Å². The Morgan fingerprint density at radius 2 is 1.88 bits per heavy atom. The summed E-state index contributed by atoms with van der Waals surface area (Å²) in [5.41, 5.74) is 1.97. The Kier molecular flexibility index (Phi) is 4.39. The zero-order chi connectivity index (χ0) is 17.4. The molecule has 0 aliphatic carbocycles. The number of carbonyl (C=O) groups is 1. The van der Waals surface area contributed by atoms with Crippen LogP contribution in [0.5, 0.6) is 11.5 Å². The van der Waals surface area contributed by atoms with Crippen LogP contribution >= 0.6 is 11.3 Å². The lowest BCUT2D eigenvalue weighted by molar-refractivity contribution is 0.0216. The normalized spacial score (nSPS) is 17.8. The summed E-state index contributed by atoms with van der Waals surface area (Å²) in [6.07, 6.45) is 1.12. The summed E-state index contributed by atoms with van der Waals surface area (Å²) in [5.74, 6) is 1.11. The minimum Gasteiger partial charge on any atom is -0.496 e. The minimum atomic E-state index is -0.0150. The molecule has 132 valence electrons. The second-order valence-corrected chi connectivity index (χ2v) is 7.49. The van der Waals surface area contributed by atoms with E-state index >= 15 is 0 Å². The van der Waals surface area contributed by atoms with Crippen molar-refractivity contribution in [2.24, 2.45) is 0 Å². The van der Waals surface area contributed by atoms with Crippen LogP contribution < -0.4 is 9.47 Å². The molecule has 1 amide bonds. The number of thiophene rings is 1. The molecule has 0 spiro atoms. The third-order valence-electron chi connectivity index (χ3n) is 5.14. The molecular formula is C19H22N2O3S. The van der Waals surface area contributed by atoms with Gasteiger partial charge in [0.25, 0.3) is 5.91 Å². The fourth-order valence-electron chi connectivity index (χ4n) is 3.65. The van der Waals surface area contributed by atoms with Crippen molar-refractivity contribution >= 4 is 17.2 Å². The molecule has 5 nitrogen and oxygen atoms in total. The van der Waals surface area contributed by atoms with Gasteiger partial charge in [-0.25, -0.2) is 0 Å². The van der Waals surface area contributed by atoms with Gasteiger partial charge in [0.15, 0.2) is 0 Å². The van der Waals surface area contributed by atoms with E-state index in [1.165, 1.54) is 10.4 Å². The van der Waals surface area contributed by atoms with Gasteiger partial charge in [-0.2, -0.15) is 0 Å². The largest absolute Gasteiger partial charge is 0.496 e. The molecule has 1 saturated heterocycles. The number of methoxy groups -OCH3 is 2. The van der Waals surface area contributed by atoms with Crippen molar-refractivity contribution in [1.82, 2.24) is 9.80 Å². The fourth-order valence-corrected chi connectivity index (χ4v) is 4.54. The highest BCUT2D eigenvalue weighted by molar-refractivity contribution is 7.10. The number of rotatable bonds is 4. The summed E-state index contributed by atoms with van der Waals surface area (Å²) in [7, 11) is 3.16. The van der Waals surface area contributed by atoms with Crippen molar-refractivity contribution in [3.8, 4) is 11.5 Å². The van der Waals surface area contributed by atoms with E-state index in [1.807, 2.05) is 22.3 Å². The molecule has 4 rings (SSSR count). The molecule has 0 atom stereocenters. The van der Waals surface area contributed by atoms with Crippen LogP contribution in [0.2, 0.25) is 0 Å². The number of ether oxygens (including phenoxy) is 2. The number of benzene rings is 1. The highest BCUT2D eigenvalue weighted by Gasteiger charge is 2.38. The van der Waals surface area contributed by atoms with E-state index in [1.54, 1.807) is 26.4 Å². The van der Waals surface area contributed by atoms with Crippen LogP contribution in [0.15, 0.2) is 29.6 Å². The van der Waals surface area contributed by atoms with Crippen molar-refractivity contribution in [3.63, 3.8) is 0 Å². The van der Waals surface area contributed by atoms with E-state index in [0.717, 1.165) is 32.6 Å². The van der Waals surface area contributed by atoms with Crippen molar-refractivity contribution in [3.05, 3.63) is 45.6 Å². The molecule has 0 saturated carbocycles. The summed E-state index contributed by atoms with van der Waals surface area (Å²) in [6, 6.07) is 8.11. The monoisotopic (exact) mass is 358 g/mol. The number of likely N-dealkylation sites (tertiary alicyclic amines) is 1. The highest BCUT2D eigenvalue weighted by Crippen LogP contribution is 2.33. The van der Waals surface area contributed by atoms with Crippen LogP contribution in [-0.2, 0) is 13.0 Å². The number of amides is 1. The Bertz CT molecular complexity index is 760. The molecule has 6 heteroatoms. The topological polar surface area (TPSA) is 42.0 Å². The molecule has 0 bridgehead atoms. The van der Waals surface area contributed by atoms with Crippen LogP contribution in [0.1, 0.15) is 20.8 Å². The molecule has 1 aromatic carbocycles. The molecule has 2 aliphatic rings. The van der Waals surface area contributed by atoms with Crippen molar-refractivity contribution < 1.29 is 14.3 Å². The first-order valence-corrected chi connectivity index (χ1v) is 9.38. The second-order valence-electron chi connectivity index (χ2n) is 6.49. The molecule has 1 aromatic heterocycles. The summed E-state index contributed by atoms with van der Waals surface area (Å²) in [5, 5.41) is 2.18. The van der Waals surface area contributed by atoms with Crippen LogP contribution in [0.4, 0.5) is 0 Å². The lowest BCUT2D eigenvalue weighted by Crippen LogP contribution is -2.61. The summed E-state index contributed by atoms with van der Waals surface area (Å²) in [6.45, 7) is 3.61. The van der Waals surface area contributed by atoms with Gasteiger partial charge < -0.3 is 14.4 Å². The van der Waals surface area contributed by atoms with Gasteiger partial charge in [0, 0.05) is 37.1 Å². The van der Waals surface area contributed by atoms with Gasteiger partial charge in [-0.1, -0.05) is 6.07 Å². The molecular weight excluding hydrogens is 336 g/mol. The molecule has 2 aromatic rings. The number of carbonyl (C=O) groups excluding carboxylic acids is 1. The molecule has 0 N–H and O–H groups in total. The number of hydrogen-bond acceptors (Lipinski definition) is 5. The standard InChI is InChI=1S/C19H22N2O3S/c1-23-15-4-3-5-16(24-2)18(15)19(22)21-11-14(12-21)20-8-6-17-13(10-20)7-9-25-17/h3-5,7,9,14H,6,8,10-12H2,1-2H3. The van der Waals surface area contributed by atoms with Gasteiger partial charge >= 0.3 is 0 Å². The summed E-state index contributed by atoms with van der Waals surface area (Å²) in [4.78, 5) is 18.8. The Morgan fingerprint density at radius 3 is 2.56 bits per heavy atom. The lowest BCUT2D eigenvalue weighted by atomic mass is 10.0. The van der Waals surface area contributed by atoms with Gasteiger partial charge in [-0.3, -0.25) is 9.69 Å². The van der Waals surface area contributed by atoms with Crippen LogP contribution in [0.3, 0.4) is 0 Å². The van der Waals surface area contributed by atoms with Gasteiger partial charge in [0.2, 0.25) is 0 Å². The predicted octanol–water partition coefficient (Wildman–Crippen LogP) is 2.65. The van der Waals surface area contributed by atoms with E-state index in [9.17, 15) is 4.79 Å². The molecule has 2 aliphatic heterocycles. The Morgan fingerprint density at radius 1 is 1.16 bits per heavy atom. The lowest BCUT2D eigenvalue weighted by Gasteiger charge is -2.46. The average Bonchev–Trinajstić information content (AvgIpc) is 3.07. The quantitative estimate of drug-likeness (QED) is 0.843. The second kappa shape index (κ2) is 6.69. The summed E-state index contributed by atoms with van der Waals surface area (Å²) >= 11 is 1.86. The predicted molar refractivity (Wildman–Crippen MR) is 97.7 cm³/mol. The molecule has 25 heavy (non-hydrogen) atoms. The van der Waals surface area contributed by atoms with Gasteiger partial charge in [0.05, 0.1) is 14.2 Å². The van der Waals surface area contributed by atoms with Crippen LogP contribution in [-0.4, -0.2) is 55.6 Å². The third-order valence-corrected chi connectivity index (χ3v) is 6.17. The Balaban J connectivity index is 1.44. The molecule has 0 radical (unpaired) electrons.